The largest absolute Gasteiger partial charge is 0.496 e. The molecule has 0 aliphatic heterocycles. The average molecular weight is 724 g/mol. The van der Waals surface area contributed by atoms with Gasteiger partial charge in [-0.05, 0) is 137 Å². The highest BCUT2D eigenvalue weighted by Crippen LogP contribution is 2.42. The Morgan fingerprint density at radius 2 is 1.36 bits per heavy atom. The Morgan fingerprint density at radius 3 is 2.07 bits per heavy atom. The van der Waals surface area contributed by atoms with Gasteiger partial charge >= 0.3 is 0 Å². The molecule has 6 aromatic carbocycles. The van der Waals surface area contributed by atoms with Crippen molar-refractivity contribution >= 4 is 11.0 Å². The summed E-state index contributed by atoms with van der Waals surface area (Å²) in [6.45, 7) is 5.11. The summed E-state index contributed by atoms with van der Waals surface area (Å²) in [6.07, 6.45) is 1.85. The lowest BCUT2D eigenvalue weighted by Crippen LogP contribution is -2.11. The average Bonchev–Trinajstić information content (AvgIpc) is 3.62. The minimum absolute atomic E-state index is 0.199. The maximum atomic E-state index is 8.68. The molecule has 8 rings (SSSR count). The van der Waals surface area contributed by atoms with E-state index in [-0.39, 0.29) is 16.5 Å². The maximum Gasteiger partial charge on any atom is 0.149 e. The normalized spacial score (nSPS) is 13.7. The summed E-state index contributed by atoms with van der Waals surface area (Å²) < 4.78 is 59.8. The van der Waals surface area contributed by atoms with Gasteiger partial charge in [0.25, 0.3) is 0 Å². The smallest absolute Gasteiger partial charge is 0.149 e. The van der Waals surface area contributed by atoms with Crippen molar-refractivity contribution in [3.05, 3.63) is 167 Å². The van der Waals surface area contributed by atoms with Crippen molar-refractivity contribution in [3.8, 4) is 67.5 Å². The second-order valence-corrected chi connectivity index (χ2v) is 15.2. The summed E-state index contributed by atoms with van der Waals surface area (Å²) in [7, 11) is 1.63. The third kappa shape index (κ3) is 6.74. The number of hydrogen-bond acceptors (Lipinski definition) is 3. The summed E-state index contributed by atoms with van der Waals surface area (Å²) in [4.78, 5) is 10.3. The first-order chi connectivity index (χ1) is 28.9. The minimum Gasteiger partial charge on any atom is -0.496 e. The van der Waals surface area contributed by atoms with Gasteiger partial charge in [-0.15, -0.1) is 0 Å². The van der Waals surface area contributed by atoms with Gasteiger partial charge in [0.05, 0.1) is 29.4 Å². The summed E-state index contributed by atoms with van der Waals surface area (Å²) in [5.41, 5.74) is 11.6. The number of ether oxygens (including phenoxy) is 1. The Labute approximate surface area is 333 Å². The molecular formula is C51H47N3O. The molecule has 0 saturated heterocycles. The van der Waals surface area contributed by atoms with Gasteiger partial charge in [-0.25, -0.2) is 4.98 Å². The van der Waals surface area contributed by atoms with Crippen LogP contribution in [0.25, 0.3) is 72.7 Å². The van der Waals surface area contributed by atoms with Gasteiger partial charge in [-0.2, -0.15) is 0 Å². The highest BCUT2D eigenvalue weighted by Gasteiger charge is 2.24. The van der Waals surface area contributed by atoms with Crippen LogP contribution in [0.3, 0.4) is 0 Å². The van der Waals surface area contributed by atoms with Gasteiger partial charge in [-0.1, -0.05) is 106 Å². The molecule has 55 heavy (non-hydrogen) atoms. The van der Waals surface area contributed by atoms with E-state index in [1.165, 1.54) is 6.07 Å². The topological polar surface area (TPSA) is 39.9 Å². The van der Waals surface area contributed by atoms with Crippen LogP contribution < -0.4 is 4.74 Å². The monoisotopic (exact) mass is 723 g/mol. The van der Waals surface area contributed by atoms with Crippen molar-refractivity contribution in [2.45, 2.75) is 53.7 Å². The van der Waals surface area contributed by atoms with E-state index in [9.17, 15) is 0 Å². The van der Waals surface area contributed by atoms with Crippen LogP contribution in [0.4, 0.5) is 0 Å². The Kier molecular flexibility index (Phi) is 7.52. The number of nitrogens with zero attached hydrogens (tertiary/aromatic N) is 3. The van der Waals surface area contributed by atoms with Gasteiger partial charge in [0.1, 0.15) is 11.6 Å². The predicted molar refractivity (Wildman–Crippen MR) is 230 cm³/mol. The number of para-hydroxylation sites is 1. The van der Waals surface area contributed by atoms with Crippen LogP contribution in [0, 0.1) is 27.6 Å². The van der Waals surface area contributed by atoms with E-state index in [0.29, 0.717) is 45.0 Å². The van der Waals surface area contributed by atoms with Crippen molar-refractivity contribution in [1.82, 2.24) is 14.5 Å². The highest BCUT2D eigenvalue weighted by atomic mass is 16.5. The number of rotatable bonds is 7. The molecule has 4 heteroatoms. The molecular weight excluding hydrogens is 671 g/mol. The number of fused-ring (bicyclic) bond motifs is 1. The molecule has 0 aliphatic carbocycles. The molecule has 2 heterocycles. The Balaban J connectivity index is 1.46. The number of methoxy groups -OCH3 is 1. The Morgan fingerprint density at radius 1 is 0.618 bits per heavy atom. The second kappa shape index (κ2) is 14.2. The molecule has 0 unspecified atom stereocenters. The van der Waals surface area contributed by atoms with E-state index in [2.05, 4.69) is 63.2 Å². The lowest BCUT2D eigenvalue weighted by atomic mass is 9.83. The molecule has 0 fully saturated rings. The molecule has 8 aromatic rings. The van der Waals surface area contributed by atoms with Crippen LogP contribution in [0.15, 0.2) is 140 Å². The molecule has 272 valence electrons. The molecule has 0 spiro atoms. The zero-order valence-corrected chi connectivity index (χ0v) is 32.0. The van der Waals surface area contributed by atoms with E-state index in [1.807, 2.05) is 91.3 Å². The molecule has 0 aliphatic rings. The van der Waals surface area contributed by atoms with Gasteiger partial charge < -0.3 is 4.74 Å². The standard InChI is InChI=1S/C51H47N3O/c1-32-24-34(3)49(55-8)45(25-32)50-53-48-43(20-15-21-47(48)54(50)42-26-33(2)35(4)44(31-42)37-18-13-10-14-19-37)39-27-40(29-41(28-39)51(5,6)7)46-30-38(22-23-52-46)36-16-11-9-12-17-36/h9-31H,1-8H3/i2D3,4D3. The summed E-state index contributed by atoms with van der Waals surface area (Å²) >= 11 is 0. The van der Waals surface area contributed by atoms with Crippen LogP contribution in [-0.4, -0.2) is 21.6 Å². The lowest BCUT2D eigenvalue weighted by molar-refractivity contribution is 0.413. The van der Waals surface area contributed by atoms with E-state index in [1.54, 1.807) is 25.3 Å². The van der Waals surface area contributed by atoms with E-state index < -0.39 is 13.7 Å². The van der Waals surface area contributed by atoms with Crippen molar-refractivity contribution in [2.75, 3.05) is 7.11 Å². The third-order valence-corrected chi connectivity index (χ3v) is 10.3. The van der Waals surface area contributed by atoms with Gasteiger partial charge in [-0.3, -0.25) is 9.55 Å². The fraction of sp³-hybridized carbons (Fsp3) is 0.176. The fourth-order valence-corrected chi connectivity index (χ4v) is 7.53. The molecule has 0 amide bonds. The van der Waals surface area contributed by atoms with Crippen molar-refractivity contribution < 1.29 is 13.0 Å². The number of hydrogen-bond donors (Lipinski definition) is 0. The summed E-state index contributed by atoms with van der Waals surface area (Å²) in [6, 6.07) is 43.4. The number of aromatic nitrogens is 3. The number of aryl methyl sites for hydroxylation is 3. The zero-order valence-electron chi connectivity index (χ0n) is 38.0. The van der Waals surface area contributed by atoms with Crippen LogP contribution in [-0.2, 0) is 5.41 Å². The Hall–Kier alpha value is -6.26. The number of pyridine rings is 1. The predicted octanol–water partition coefficient (Wildman–Crippen LogP) is 13.3. The number of imidazole rings is 1. The fourth-order valence-electron chi connectivity index (χ4n) is 7.53. The maximum absolute atomic E-state index is 8.68. The quantitative estimate of drug-likeness (QED) is 0.164. The molecule has 0 N–H and O–H groups in total. The van der Waals surface area contributed by atoms with Gasteiger partial charge in [0, 0.05) is 31.2 Å². The van der Waals surface area contributed by atoms with Crippen LogP contribution in [0.1, 0.15) is 56.8 Å². The van der Waals surface area contributed by atoms with Crippen molar-refractivity contribution in [1.29, 1.82) is 0 Å². The van der Waals surface area contributed by atoms with E-state index >= 15 is 0 Å². The first-order valence-corrected chi connectivity index (χ1v) is 18.5. The molecule has 2 aromatic heterocycles. The van der Waals surface area contributed by atoms with Crippen LogP contribution >= 0.6 is 0 Å². The minimum atomic E-state index is -2.75. The summed E-state index contributed by atoms with van der Waals surface area (Å²) in [5.74, 6) is 1.15. The highest BCUT2D eigenvalue weighted by molar-refractivity contribution is 5.97. The van der Waals surface area contributed by atoms with Crippen molar-refractivity contribution in [3.63, 3.8) is 0 Å². The lowest BCUT2D eigenvalue weighted by Gasteiger charge is -2.22. The molecule has 0 radical (unpaired) electrons. The molecule has 4 nitrogen and oxygen atoms in total. The van der Waals surface area contributed by atoms with Crippen LogP contribution in [0.2, 0.25) is 0 Å². The number of benzene rings is 6. The van der Waals surface area contributed by atoms with Gasteiger partial charge in [0.2, 0.25) is 0 Å². The summed E-state index contributed by atoms with van der Waals surface area (Å²) in [5, 5.41) is 0. The van der Waals surface area contributed by atoms with E-state index in [4.69, 9.17) is 22.9 Å². The SMILES string of the molecule is [2H]C([2H])([2H])c1cc(-n2c(-c3cc(C)cc(C)c3OC)nc3c(-c4cc(-c5cc(-c6ccccc6)ccn5)cc(C(C)(C)C)c4)cccc32)cc(-c2ccccc2)c1C([2H])([2H])[2H]. The molecule has 0 atom stereocenters. The van der Waals surface area contributed by atoms with Crippen LogP contribution in [0.5, 0.6) is 5.75 Å². The van der Waals surface area contributed by atoms with Crippen molar-refractivity contribution in [2.24, 2.45) is 0 Å². The first kappa shape index (κ1) is 29.1. The first-order valence-electron chi connectivity index (χ1n) is 21.5. The van der Waals surface area contributed by atoms with E-state index in [0.717, 1.165) is 50.2 Å². The zero-order chi connectivity index (χ0) is 43.4. The molecule has 0 saturated carbocycles. The van der Waals surface area contributed by atoms with Gasteiger partial charge in [0.15, 0.2) is 0 Å². The second-order valence-electron chi connectivity index (χ2n) is 15.2. The Bertz CT molecular complexity index is 2930. The third-order valence-electron chi connectivity index (χ3n) is 10.3. The molecule has 0 bridgehead atoms.